The van der Waals surface area contributed by atoms with Gasteiger partial charge in [0, 0.05) is 5.54 Å². The van der Waals surface area contributed by atoms with E-state index in [9.17, 15) is 0 Å². The maximum atomic E-state index is 5.81. The van der Waals surface area contributed by atoms with Gasteiger partial charge in [-0.05, 0) is 27.9 Å². The van der Waals surface area contributed by atoms with E-state index in [1.54, 1.807) is 0 Å². The topological polar surface area (TPSA) is 73.5 Å². The van der Waals surface area contributed by atoms with Crippen LogP contribution in [0.25, 0.3) is 0 Å². The summed E-state index contributed by atoms with van der Waals surface area (Å²) in [6.45, 7) is 4.62. The van der Waals surface area contributed by atoms with Crippen molar-refractivity contribution in [2.24, 2.45) is 0 Å². The molecule has 0 aromatic carbocycles. The maximum absolute atomic E-state index is 5.81. The Hall–Kier alpha value is -1.56. The number of hydrogen-bond donors (Lipinski definition) is 1. The van der Waals surface area contributed by atoms with Crippen LogP contribution in [0, 0.1) is 0 Å². The standard InChI is InChI=1S/C11H20N4O2/c1-11(2,15(3)4)6-17-10-8(12)9(16-5)13-7-14-10/h7H,6,12H2,1-5H3. The van der Waals surface area contributed by atoms with Gasteiger partial charge in [-0.15, -0.1) is 0 Å². The second kappa shape index (κ2) is 5.18. The summed E-state index contributed by atoms with van der Waals surface area (Å²) in [5.74, 6) is 0.685. The maximum Gasteiger partial charge on any atom is 0.244 e. The molecule has 0 amide bonds. The van der Waals surface area contributed by atoms with Crippen LogP contribution in [0.3, 0.4) is 0 Å². The molecule has 1 rings (SSSR count). The number of nitrogens with zero attached hydrogens (tertiary/aromatic N) is 3. The number of likely N-dealkylation sites (N-methyl/N-ethyl adjacent to an activating group) is 1. The molecule has 0 bridgehead atoms. The van der Waals surface area contributed by atoms with E-state index < -0.39 is 0 Å². The van der Waals surface area contributed by atoms with E-state index in [0.717, 1.165) is 0 Å². The predicted octanol–water partition coefficient (Wildman–Crippen LogP) is 0.786. The monoisotopic (exact) mass is 240 g/mol. The molecule has 1 aromatic rings. The fraction of sp³-hybridized carbons (Fsp3) is 0.636. The molecule has 0 saturated carbocycles. The Morgan fingerprint density at radius 3 is 2.41 bits per heavy atom. The average molecular weight is 240 g/mol. The molecular formula is C11H20N4O2. The van der Waals surface area contributed by atoms with Crippen LogP contribution in [0.4, 0.5) is 5.69 Å². The first-order valence-corrected chi connectivity index (χ1v) is 5.33. The van der Waals surface area contributed by atoms with Crippen LogP contribution in [-0.4, -0.2) is 48.2 Å². The van der Waals surface area contributed by atoms with E-state index in [1.807, 2.05) is 14.1 Å². The Bertz CT molecular complexity index is 380. The lowest BCUT2D eigenvalue weighted by atomic mass is 10.1. The van der Waals surface area contributed by atoms with Gasteiger partial charge in [0.2, 0.25) is 11.8 Å². The highest BCUT2D eigenvalue weighted by Crippen LogP contribution is 2.27. The van der Waals surface area contributed by atoms with Crippen molar-refractivity contribution < 1.29 is 9.47 Å². The lowest BCUT2D eigenvalue weighted by molar-refractivity contribution is 0.111. The molecule has 2 N–H and O–H groups in total. The second-order valence-electron chi connectivity index (χ2n) is 4.60. The van der Waals surface area contributed by atoms with Gasteiger partial charge in [0.15, 0.2) is 5.69 Å². The van der Waals surface area contributed by atoms with E-state index in [1.165, 1.54) is 13.4 Å². The van der Waals surface area contributed by atoms with Gasteiger partial charge in [0.1, 0.15) is 12.9 Å². The molecule has 6 heteroatoms. The third kappa shape index (κ3) is 3.20. The SMILES string of the molecule is COc1ncnc(OCC(C)(C)N(C)C)c1N. The number of nitrogen functional groups attached to an aromatic ring is 1. The molecule has 0 saturated heterocycles. The van der Waals surface area contributed by atoms with Crippen LogP contribution in [0.2, 0.25) is 0 Å². The fourth-order valence-corrected chi connectivity index (χ4v) is 1.02. The van der Waals surface area contributed by atoms with E-state index >= 15 is 0 Å². The number of rotatable bonds is 5. The molecule has 0 aliphatic carbocycles. The number of hydrogen-bond acceptors (Lipinski definition) is 6. The summed E-state index contributed by atoms with van der Waals surface area (Å²) < 4.78 is 10.6. The van der Waals surface area contributed by atoms with Crippen molar-refractivity contribution in [3.8, 4) is 11.8 Å². The highest BCUT2D eigenvalue weighted by Gasteiger charge is 2.22. The van der Waals surface area contributed by atoms with Crippen LogP contribution in [0.15, 0.2) is 6.33 Å². The van der Waals surface area contributed by atoms with Crippen molar-refractivity contribution in [1.29, 1.82) is 0 Å². The summed E-state index contributed by atoms with van der Waals surface area (Å²) in [4.78, 5) is 9.95. The first-order valence-electron chi connectivity index (χ1n) is 5.33. The number of anilines is 1. The minimum absolute atomic E-state index is 0.107. The van der Waals surface area contributed by atoms with Crippen LogP contribution < -0.4 is 15.2 Å². The van der Waals surface area contributed by atoms with Gasteiger partial charge >= 0.3 is 0 Å². The summed E-state index contributed by atoms with van der Waals surface area (Å²) in [6, 6.07) is 0. The van der Waals surface area contributed by atoms with Crippen LogP contribution in [0.1, 0.15) is 13.8 Å². The summed E-state index contributed by atoms with van der Waals surface area (Å²) in [6.07, 6.45) is 1.37. The molecule has 0 unspecified atom stereocenters. The van der Waals surface area contributed by atoms with Crippen LogP contribution >= 0.6 is 0 Å². The third-order valence-electron chi connectivity index (χ3n) is 2.78. The second-order valence-corrected chi connectivity index (χ2v) is 4.60. The third-order valence-corrected chi connectivity index (χ3v) is 2.78. The normalized spacial score (nSPS) is 11.6. The fourth-order valence-electron chi connectivity index (χ4n) is 1.02. The molecule has 0 aliphatic rings. The van der Waals surface area contributed by atoms with E-state index in [2.05, 4.69) is 28.7 Å². The highest BCUT2D eigenvalue weighted by atomic mass is 16.5. The Kier molecular flexibility index (Phi) is 4.11. The van der Waals surface area contributed by atoms with Crippen LogP contribution in [-0.2, 0) is 0 Å². The van der Waals surface area contributed by atoms with Crippen molar-refractivity contribution >= 4 is 5.69 Å². The quantitative estimate of drug-likeness (QED) is 0.820. The minimum atomic E-state index is -0.107. The molecule has 0 spiro atoms. The zero-order chi connectivity index (χ0) is 13.1. The van der Waals surface area contributed by atoms with Crippen molar-refractivity contribution in [2.45, 2.75) is 19.4 Å². The van der Waals surface area contributed by atoms with Gasteiger partial charge < -0.3 is 20.1 Å². The smallest absolute Gasteiger partial charge is 0.244 e. The zero-order valence-electron chi connectivity index (χ0n) is 11.0. The van der Waals surface area contributed by atoms with Crippen molar-refractivity contribution in [2.75, 3.05) is 33.5 Å². The molecule has 96 valence electrons. The average Bonchev–Trinajstić information content (AvgIpc) is 2.27. The number of ether oxygens (including phenoxy) is 2. The van der Waals surface area contributed by atoms with E-state index in [0.29, 0.717) is 24.1 Å². The number of methoxy groups -OCH3 is 1. The summed E-state index contributed by atoms with van der Waals surface area (Å²) >= 11 is 0. The number of aromatic nitrogens is 2. The van der Waals surface area contributed by atoms with Gasteiger partial charge in [-0.3, -0.25) is 0 Å². The molecule has 6 nitrogen and oxygen atoms in total. The summed E-state index contributed by atoms with van der Waals surface area (Å²) in [5, 5.41) is 0. The summed E-state index contributed by atoms with van der Waals surface area (Å²) in [7, 11) is 5.49. The van der Waals surface area contributed by atoms with E-state index in [-0.39, 0.29) is 5.54 Å². The molecular weight excluding hydrogens is 220 g/mol. The highest BCUT2D eigenvalue weighted by molar-refractivity contribution is 5.55. The molecule has 0 aliphatic heterocycles. The van der Waals surface area contributed by atoms with Crippen LogP contribution in [0.5, 0.6) is 11.8 Å². The Morgan fingerprint density at radius 2 is 1.88 bits per heavy atom. The first kappa shape index (κ1) is 13.5. The molecule has 0 atom stereocenters. The van der Waals surface area contributed by atoms with Crippen molar-refractivity contribution in [1.82, 2.24) is 14.9 Å². The molecule has 0 fully saturated rings. The van der Waals surface area contributed by atoms with Gasteiger partial charge in [-0.2, -0.15) is 9.97 Å². The molecule has 0 radical (unpaired) electrons. The Morgan fingerprint density at radius 1 is 1.29 bits per heavy atom. The molecule has 17 heavy (non-hydrogen) atoms. The van der Waals surface area contributed by atoms with Gasteiger partial charge in [0.25, 0.3) is 0 Å². The van der Waals surface area contributed by atoms with Crippen molar-refractivity contribution in [3.05, 3.63) is 6.33 Å². The number of nitrogens with two attached hydrogens (primary N) is 1. The van der Waals surface area contributed by atoms with Gasteiger partial charge in [0.05, 0.1) is 7.11 Å². The van der Waals surface area contributed by atoms with Crippen molar-refractivity contribution in [3.63, 3.8) is 0 Å². The lowest BCUT2D eigenvalue weighted by Crippen LogP contribution is -2.43. The first-order chi connectivity index (χ1) is 7.88. The lowest BCUT2D eigenvalue weighted by Gasteiger charge is -2.32. The predicted molar refractivity (Wildman–Crippen MR) is 66.3 cm³/mol. The van der Waals surface area contributed by atoms with Gasteiger partial charge in [-0.1, -0.05) is 0 Å². The van der Waals surface area contributed by atoms with E-state index in [4.69, 9.17) is 15.2 Å². The molecule has 1 heterocycles. The Labute approximate surface area is 102 Å². The summed E-state index contributed by atoms with van der Waals surface area (Å²) in [5.41, 5.74) is 6.03. The van der Waals surface area contributed by atoms with Gasteiger partial charge in [-0.25, -0.2) is 0 Å². The zero-order valence-corrected chi connectivity index (χ0v) is 11.0. The molecule has 1 aromatic heterocycles. The minimum Gasteiger partial charge on any atom is -0.479 e. The Balaban J connectivity index is 2.76. The largest absolute Gasteiger partial charge is 0.479 e.